The SMILES string of the molecule is c1cncc(-c2cncc(-c3cncc(Oc4ccc(-c5cc(-c6ccc(Oc7cncc(-c8cncc(-c9cccnc9)c8)c7)cc6)cc(-c6ccc(Oc7cncc(-c8cncc(-c9cccnc9)c8)c7)cc6)c5)cc4)c3)c2)c1. The minimum atomic E-state index is 0.608. The minimum Gasteiger partial charge on any atom is -0.456 e. The normalized spacial score (nSPS) is 11.0. The van der Waals surface area contributed by atoms with Crippen LogP contribution in [-0.2, 0) is 0 Å². The summed E-state index contributed by atoms with van der Waals surface area (Å²) in [6.07, 6.45) is 32.3. The zero-order chi connectivity index (χ0) is 54.2. The van der Waals surface area contributed by atoms with Gasteiger partial charge in [0.25, 0.3) is 0 Å². The molecule has 0 aliphatic rings. The van der Waals surface area contributed by atoms with Gasteiger partial charge in [0, 0.05) is 160 Å². The van der Waals surface area contributed by atoms with Crippen molar-refractivity contribution in [1.82, 2.24) is 44.9 Å². The first kappa shape index (κ1) is 49.2. The molecule has 9 aromatic heterocycles. The van der Waals surface area contributed by atoms with Crippen molar-refractivity contribution in [2.75, 3.05) is 0 Å². The quantitative estimate of drug-likeness (QED) is 0.0964. The molecule has 13 aromatic rings. The van der Waals surface area contributed by atoms with Crippen LogP contribution in [0.3, 0.4) is 0 Å². The molecule has 4 aromatic carbocycles. The number of aromatic nitrogens is 9. The van der Waals surface area contributed by atoms with Crippen molar-refractivity contribution in [3.8, 4) is 135 Å². The van der Waals surface area contributed by atoms with E-state index in [4.69, 9.17) is 14.2 Å². The fourth-order valence-corrected chi connectivity index (χ4v) is 9.45. The molecule has 0 unspecified atom stereocenters. The molecule has 0 saturated heterocycles. The van der Waals surface area contributed by atoms with E-state index in [2.05, 4.69) is 118 Å². The lowest BCUT2D eigenvalue weighted by molar-refractivity contribution is 0.480. The number of benzene rings is 4. The Kier molecular flexibility index (Phi) is 13.8. The standard InChI is InChI=1S/C69H45N9O3/c1-4-49(31-70-19-1)55-25-58(37-73-34-55)61-28-67(43-76-40-61)79-64-13-7-46(8-14-64)52-22-53(47-9-15-65(16-10-47)80-68-29-62(41-77-44-68)59-26-56(35-74-38-59)50-5-2-20-71-32-50)24-54(23-52)48-11-17-66(18-12-48)81-69-30-63(42-78-45-69)60-27-57(36-75-39-60)51-6-3-21-72-33-51/h1-45H. The molecule has 12 heteroatoms. The van der Waals surface area contributed by atoms with Gasteiger partial charge in [0.2, 0.25) is 0 Å². The molecule has 13 rings (SSSR count). The first-order valence-electron chi connectivity index (χ1n) is 26.0. The van der Waals surface area contributed by atoms with E-state index in [0.717, 1.165) is 100 Å². The van der Waals surface area contributed by atoms with Crippen LogP contribution in [0.5, 0.6) is 34.5 Å². The van der Waals surface area contributed by atoms with Crippen molar-refractivity contribution < 1.29 is 14.2 Å². The van der Waals surface area contributed by atoms with Crippen LogP contribution in [0, 0.1) is 0 Å². The molecule has 0 saturated carbocycles. The van der Waals surface area contributed by atoms with Crippen LogP contribution in [0.2, 0.25) is 0 Å². The second-order valence-electron chi connectivity index (χ2n) is 19.0. The molecule has 0 spiro atoms. The highest BCUT2D eigenvalue weighted by atomic mass is 16.5. The van der Waals surface area contributed by atoms with Gasteiger partial charge >= 0.3 is 0 Å². The van der Waals surface area contributed by atoms with Crippen molar-refractivity contribution >= 4 is 0 Å². The van der Waals surface area contributed by atoms with Gasteiger partial charge in [-0.3, -0.25) is 44.9 Å². The summed E-state index contributed by atoms with van der Waals surface area (Å²) in [5, 5.41) is 0. The van der Waals surface area contributed by atoms with Crippen LogP contribution in [0.1, 0.15) is 0 Å². The van der Waals surface area contributed by atoms with Gasteiger partial charge in [-0.25, -0.2) is 0 Å². The number of rotatable bonds is 15. The topological polar surface area (TPSA) is 144 Å². The fourth-order valence-electron chi connectivity index (χ4n) is 9.45. The van der Waals surface area contributed by atoms with Gasteiger partial charge in [0.15, 0.2) is 0 Å². The highest BCUT2D eigenvalue weighted by molar-refractivity contribution is 5.82. The van der Waals surface area contributed by atoms with Crippen molar-refractivity contribution in [1.29, 1.82) is 0 Å². The third-order valence-electron chi connectivity index (χ3n) is 13.5. The maximum absolute atomic E-state index is 6.41. The molecule has 0 N–H and O–H groups in total. The lowest BCUT2D eigenvalue weighted by Crippen LogP contribution is -1.90. The number of ether oxygens (including phenoxy) is 3. The smallest absolute Gasteiger partial charge is 0.146 e. The molecule has 0 fully saturated rings. The van der Waals surface area contributed by atoms with E-state index < -0.39 is 0 Å². The van der Waals surface area contributed by atoms with Crippen molar-refractivity contribution in [3.05, 3.63) is 275 Å². The highest BCUT2D eigenvalue weighted by Gasteiger charge is 2.13. The summed E-state index contributed by atoms with van der Waals surface area (Å²) in [6, 6.07) is 54.9. The first-order valence-corrected chi connectivity index (χ1v) is 26.0. The van der Waals surface area contributed by atoms with Gasteiger partial charge in [-0.05, 0) is 143 Å². The van der Waals surface area contributed by atoms with Crippen molar-refractivity contribution in [3.63, 3.8) is 0 Å². The van der Waals surface area contributed by atoms with Gasteiger partial charge in [-0.15, -0.1) is 0 Å². The van der Waals surface area contributed by atoms with Gasteiger partial charge < -0.3 is 14.2 Å². The zero-order valence-corrected chi connectivity index (χ0v) is 43.2. The van der Waals surface area contributed by atoms with E-state index in [1.165, 1.54) is 0 Å². The molecule has 0 bridgehead atoms. The number of nitrogens with zero attached hydrogens (tertiary/aromatic N) is 9. The molecular weight excluding hydrogens is 1000 g/mol. The third kappa shape index (κ3) is 11.5. The van der Waals surface area contributed by atoms with Gasteiger partial charge in [-0.2, -0.15) is 0 Å². The van der Waals surface area contributed by atoms with Crippen molar-refractivity contribution in [2.24, 2.45) is 0 Å². The summed E-state index contributed by atoms with van der Waals surface area (Å²) in [5.74, 6) is 3.85. The fraction of sp³-hybridized carbons (Fsp3) is 0. The van der Waals surface area contributed by atoms with Crippen LogP contribution < -0.4 is 14.2 Å². The Balaban J connectivity index is 0.767. The summed E-state index contributed by atoms with van der Waals surface area (Å²) in [5.41, 5.74) is 17.4. The van der Waals surface area contributed by atoms with Crippen LogP contribution in [0.15, 0.2) is 275 Å². The maximum atomic E-state index is 6.41. The molecule has 0 amide bonds. The predicted molar refractivity (Wildman–Crippen MR) is 315 cm³/mol. The molecule has 0 radical (unpaired) electrons. The molecule has 9 heterocycles. The monoisotopic (exact) mass is 1050 g/mol. The summed E-state index contributed by atoms with van der Waals surface area (Å²) in [7, 11) is 0. The number of hydrogen-bond donors (Lipinski definition) is 0. The molecule has 0 aliphatic carbocycles. The van der Waals surface area contributed by atoms with E-state index >= 15 is 0 Å². The Morgan fingerprint density at radius 1 is 0.160 bits per heavy atom. The van der Waals surface area contributed by atoms with Crippen LogP contribution in [0.25, 0.3) is 100 Å². The van der Waals surface area contributed by atoms with E-state index in [0.29, 0.717) is 34.5 Å². The van der Waals surface area contributed by atoms with E-state index in [1.807, 2.05) is 165 Å². The molecule has 384 valence electrons. The Hall–Kier alpha value is -11.4. The average molecular weight is 1050 g/mol. The van der Waals surface area contributed by atoms with Gasteiger partial charge in [0.05, 0.1) is 18.6 Å². The van der Waals surface area contributed by atoms with E-state index in [9.17, 15) is 0 Å². The summed E-state index contributed by atoms with van der Waals surface area (Å²) >= 11 is 0. The summed E-state index contributed by atoms with van der Waals surface area (Å²) in [4.78, 5) is 39.9. The van der Waals surface area contributed by atoms with Gasteiger partial charge in [-0.1, -0.05) is 54.6 Å². The summed E-state index contributed by atoms with van der Waals surface area (Å²) < 4.78 is 19.2. The lowest BCUT2D eigenvalue weighted by Gasteiger charge is -2.14. The van der Waals surface area contributed by atoms with E-state index in [1.54, 1.807) is 37.2 Å². The minimum absolute atomic E-state index is 0.608. The van der Waals surface area contributed by atoms with Crippen LogP contribution >= 0.6 is 0 Å². The second-order valence-corrected chi connectivity index (χ2v) is 19.0. The lowest BCUT2D eigenvalue weighted by atomic mass is 9.93. The highest BCUT2D eigenvalue weighted by Crippen LogP contribution is 2.38. The molecule has 0 atom stereocenters. The number of pyridine rings is 9. The predicted octanol–water partition coefficient (Wildman–Crippen LogP) is 16.6. The summed E-state index contributed by atoms with van der Waals surface area (Å²) in [6.45, 7) is 0. The van der Waals surface area contributed by atoms with E-state index in [-0.39, 0.29) is 0 Å². The second kappa shape index (κ2) is 22.7. The Bertz CT molecular complexity index is 3850. The molecule has 0 aliphatic heterocycles. The molecule has 12 nitrogen and oxygen atoms in total. The Labute approximate surface area is 466 Å². The average Bonchev–Trinajstić information content (AvgIpc) is 3.57. The molecule has 81 heavy (non-hydrogen) atoms. The van der Waals surface area contributed by atoms with Gasteiger partial charge in [0.1, 0.15) is 34.5 Å². The maximum Gasteiger partial charge on any atom is 0.146 e. The zero-order valence-electron chi connectivity index (χ0n) is 43.2. The third-order valence-corrected chi connectivity index (χ3v) is 13.5. The first-order chi connectivity index (χ1) is 40.0. The largest absolute Gasteiger partial charge is 0.456 e. The number of hydrogen-bond acceptors (Lipinski definition) is 12. The van der Waals surface area contributed by atoms with Crippen LogP contribution in [0.4, 0.5) is 0 Å². The Morgan fingerprint density at radius 2 is 0.383 bits per heavy atom. The van der Waals surface area contributed by atoms with Crippen LogP contribution in [-0.4, -0.2) is 44.9 Å². The van der Waals surface area contributed by atoms with Crippen molar-refractivity contribution in [2.45, 2.75) is 0 Å². The molecular formula is C69H45N9O3. The Morgan fingerprint density at radius 3 is 0.642 bits per heavy atom.